The van der Waals surface area contributed by atoms with Crippen molar-refractivity contribution in [2.75, 3.05) is 40.4 Å². The summed E-state index contributed by atoms with van der Waals surface area (Å²) in [7, 11) is 3.55. The van der Waals surface area contributed by atoms with Crippen LogP contribution in [0, 0.1) is 29.6 Å². The van der Waals surface area contributed by atoms with Crippen molar-refractivity contribution in [3.8, 4) is 35.0 Å². The first kappa shape index (κ1) is 45.6. The van der Waals surface area contributed by atoms with E-state index in [2.05, 4.69) is 50.0 Å². The van der Waals surface area contributed by atoms with E-state index in [0.29, 0.717) is 65.2 Å². The second-order valence-electron chi connectivity index (χ2n) is 16.8. The molecule has 4 atom stereocenters. The van der Waals surface area contributed by atoms with Crippen LogP contribution < -0.4 is 41.2 Å². The number of aliphatic hydroxyl groups is 1. The highest BCUT2D eigenvalue weighted by Gasteiger charge is 2.42. The van der Waals surface area contributed by atoms with Crippen molar-refractivity contribution in [2.45, 2.75) is 76.9 Å². The number of carbonyl (C=O) groups is 4. The number of aromatic nitrogens is 1. The van der Waals surface area contributed by atoms with Crippen molar-refractivity contribution < 1.29 is 42.9 Å². The molecule has 2 fully saturated rings. The number of primary amides is 1. The number of rotatable bonds is 16. The molecule has 0 radical (unpaired) electrons. The highest BCUT2D eigenvalue weighted by Crippen LogP contribution is 2.35. The zero-order valence-corrected chi connectivity index (χ0v) is 36.4. The van der Waals surface area contributed by atoms with Crippen LogP contribution in [0.3, 0.4) is 0 Å². The molecule has 1 saturated heterocycles. The van der Waals surface area contributed by atoms with Crippen LogP contribution in [-0.4, -0.2) is 97.6 Å². The number of pyridine rings is 1. The zero-order chi connectivity index (χ0) is 45.3. The van der Waals surface area contributed by atoms with E-state index >= 15 is 0 Å². The Morgan fingerprint density at radius 1 is 1.03 bits per heavy atom. The van der Waals surface area contributed by atoms with Crippen molar-refractivity contribution in [1.82, 2.24) is 31.2 Å². The van der Waals surface area contributed by atoms with Crippen LogP contribution in [0.1, 0.15) is 82.9 Å². The van der Waals surface area contributed by atoms with Gasteiger partial charge in [0.1, 0.15) is 30.1 Å². The Labute approximate surface area is 372 Å². The molecule has 7 N–H and O–H groups in total. The number of nitrogens with zero attached hydrogens (tertiary/aromatic N) is 2. The summed E-state index contributed by atoms with van der Waals surface area (Å²) in [5, 5.41) is 22.1. The van der Waals surface area contributed by atoms with Gasteiger partial charge in [-0.1, -0.05) is 43.0 Å². The first-order valence-electron chi connectivity index (χ1n) is 21.9. The summed E-state index contributed by atoms with van der Waals surface area (Å²) >= 11 is 0. The summed E-state index contributed by atoms with van der Waals surface area (Å²) in [4.78, 5) is 56.2. The molecule has 15 nitrogen and oxygen atoms in total. The van der Waals surface area contributed by atoms with Crippen molar-refractivity contribution in [2.24, 2.45) is 23.5 Å². The van der Waals surface area contributed by atoms with Crippen LogP contribution >= 0.6 is 0 Å². The number of amides is 5. The molecule has 1 aliphatic carbocycles. The lowest BCUT2D eigenvalue weighted by Crippen LogP contribution is -2.41. The van der Waals surface area contributed by atoms with Crippen LogP contribution in [0.4, 0.5) is 9.18 Å². The Kier molecular flexibility index (Phi) is 14.8. The molecule has 0 spiro atoms. The predicted octanol–water partition coefficient (Wildman–Crippen LogP) is 4.96. The van der Waals surface area contributed by atoms with Crippen molar-refractivity contribution >= 4 is 34.5 Å². The number of urea groups is 1. The van der Waals surface area contributed by atoms with E-state index in [1.807, 2.05) is 19.1 Å². The van der Waals surface area contributed by atoms with Crippen LogP contribution in [0.2, 0.25) is 0 Å². The Morgan fingerprint density at radius 2 is 1.81 bits per heavy atom. The van der Waals surface area contributed by atoms with E-state index in [9.17, 15) is 28.7 Å². The number of methoxy groups -OCH3 is 1. The molecule has 4 aromatic rings. The fourth-order valence-electron chi connectivity index (χ4n) is 8.78. The van der Waals surface area contributed by atoms with E-state index in [-0.39, 0.29) is 41.7 Å². The third-order valence-corrected chi connectivity index (χ3v) is 12.3. The number of nitrogens with one attached hydrogen (secondary N) is 4. The summed E-state index contributed by atoms with van der Waals surface area (Å²) in [6.45, 7) is 4.54. The fourth-order valence-corrected chi connectivity index (χ4v) is 8.78. The maximum Gasteiger partial charge on any atom is 0.315 e. The summed E-state index contributed by atoms with van der Waals surface area (Å²) in [5.41, 5.74) is 8.55. The van der Waals surface area contributed by atoms with Crippen LogP contribution in [0.25, 0.3) is 10.8 Å². The van der Waals surface area contributed by atoms with Crippen molar-refractivity contribution in [3.05, 3.63) is 88.6 Å². The molecule has 5 amide bonds. The van der Waals surface area contributed by atoms with Crippen LogP contribution in [0.15, 0.2) is 60.8 Å². The number of fused-ring (bicyclic) bond motifs is 2. The summed E-state index contributed by atoms with van der Waals surface area (Å²) in [5.74, 6) is 6.80. The second kappa shape index (κ2) is 20.8. The average molecular weight is 878 g/mol. The van der Waals surface area contributed by atoms with Gasteiger partial charge in [-0.05, 0) is 99.5 Å². The Bertz CT molecular complexity index is 2410. The van der Waals surface area contributed by atoms with Gasteiger partial charge in [0.25, 0.3) is 17.7 Å². The molecule has 1 aromatic heterocycles. The first-order valence-corrected chi connectivity index (χ1v) is 21.9. The zero-order valence-electron chi connectivity index (χ0n) is 36.4. The molecule has 3 aromatic carbocycles. The van der Waals surface area contributed by atoms with E-state index in [1.165, 1.54) is 7.11 Å². The molecule has 16 heteroatoms. The third kappa shape index (κ3) is 11.0. The number of ether oxygens (including phenoxy) is 3. The maximum atomic E-state index is 14.4. The van der Waals surface area contributed by atoms with Gasteiger partial charge in [0, 0.05) is 54.9 Å². The van der Waals surface area contributed by atoms with Gasteiger partial charge in [-0.25, -0.2) is 14.2 Å². The van der Waals surface area contributed by atoms with E-state index < -0.39 is 36.2 Å². The van der Waals surface area contributed by atoms with Crippen LogP contribution in [-0.2, 0) is 17.8 Å². The molecule has 2 aliphatic heterocycles. The van der Waals surface area contributed by atoms with E-state index in [0.717, 1.165) is 56.3 Å². The number of halogens is 1. The minimum atomic E-state index is -1.59. The van der Waals surface area contributed by atoms with Crippen molar-refractivity contribution in [1.29, 1.82) is 0 Å². The SMILES string of the molecule is CC[C@@H]1[C@H](F)C(=O)N[C@@H]1COc1ncc(C#CC2CCC(CN(C)CCCNC(=O)NCc3ccc(Oc4cccc5c4C(=O)NC(O)C5)cc3)CC2)c2cc(C(N)=O)c(OC)cc12. The predicted molar refractivity (Wildman–Crippen MR) is 238 cm³/mol. The van der Waals surface area contributed by atoms with Crippen molar-refractivity contribution in [3.63, 3.8) is 0 Å². The Hall–Kier alpha value is -6.44. The first-order chi connectivity index (χ1) is 30.9. The quantitative estimate of drug-likeness (QED) is 0.0659. The lowest BCUT2D eigenvalue weighted by molar-refractivity contribution is -0.124. The van der Waals surface area contributed by atoms with Crippen LogP contribution in [0.5, 0.6) is 23.1 Å². The molecular formula is C48H56FN7O8. The summed E-state index contributed by atoms with van der Waals surface area (Å²) in [6.07, 6.45) is 4.69. The molecule has 3 aliphatic rings. The largest absolute Gasteiger partial charge is 0.496 e. The molecule has 1 saturated carbocycles. The molecule has 3 heterocycles. The minimum Gasteiger partial charge on any atom is -0.496 e. The molecule has 338 valence electrons. The molecule has 0 bridgehead atoms. The number of nitrogens with two attached hydrogens (primary N) is 1. The van der Waals surface area contributed by atoms with Gasteiger partial charge in [-0.15, -0.1) is 0 Å². The third-order valence-electron chi connectivity index (χ3n) is 12.3. The molecular weight excluding hydrogens is 822 g/mol. The van der Waals surface area contributed by atoms with Gasteiger partial charge in [0.2, 0.25) is 5.88 Å². The molecule has 64 heavy (non-hydrogen) atoms. The smallest absolute Gasteiger partial charge is 0.315 e. The standard InChI is InChI=1S/C48H56FN7O8/c1-4-34-38(54-46(60)43(34)49)27-63-47-36-23-40(62-3)37(44(50)58)22-35(36)32(25-52-47)16-13-28-9-11-30(12-10-28)26-56(2)20-6-19-51-48(61)53-24-29-14-17-33(18-15-29)64-39-8-5-7-31-21-41(57)55-45(59)42(31)39/h5,7-8,14-15,17-18,22-23,25,28,30,34,38,41,43,57H,4,6,9-12,19-21,24,26-27H2,1-3H3,(H2,50,58)(H,54,60)(H,55,59)(H2,51,53,61)/t28?,30?,34-,38+,41?,43-/m0/s1. The molecule has 1 unspecified atom stereocenters. The lowest BCUT2D eigenvalue weighted by Gasteiger charge is -2.29. The van der Waals surface area contributed by atoms with Gasteiger partial charge in [-0.2, -0.15) is 0 Å². The second-order valence-corrected chi connectivity index (χ2v) is 16.8. The van der Waals surface area contributed by atoms with Gasteiger partial charge in [0.15, 0.2) is 6.17 Å². The molecule has 7 rings (SSSR count). The Balaban J connectivity index is 0.836. The maximum absolute atomic E-state index is 14.4. The van der Waals surface area contributed by atoms with Gasteiger partial charge in [0.05, 0.1) is 29.8 Å². The fraction of sp³-hybridized carbons (Fsp3) is 0.438. The number of alkyl halides is 1. The van der Waals surface area contributed by atoms with Gasteiger partial charge in [-0.3, -0.25) is 14.4 Å². The van der Waals surface area contributed by atoms with Gasteiger partial charge < -0.3 is 51.2 Å². The number of aliphatic hydroxyl groups excluding tert-OH is 1. The number of hydrogen-bond acceptors (Lipinski definition) is 10. The van der Waals surface area contributed by atoms with E-state index in [1.54, 1.807) is 48.7 Å². The summed E-state index contributed by atoms with van der Waals surface area (Å²) in [6, 6.07) is 15.1. The average Bonchev–Trinajstić information content (AvgIpc) is 3.56. The van der Waals surface area contributed by atoms with E-state index in [4.69, 9.17) is 19.9 Å². The number of carbonyl (C=O) groups excluding carboxylic acids is 4. The summed E-state index contributed by atoms with van der Waals surface area (Å²) < 4.78 is 32.0. The Morgan fingerprint density at radius 3 is 2.55 bits per heavy atom. The lowest BCUT2D eigenvalue weighted by atomic mass is 9.82. The normalized spacial score (nSPS) is 21.5. The monoisotopic (exact) mass is 877 g/mol. The highest BCUT2D eigenvalue weighted by molar-refractivity contribution is 6.03. The van der Waals surface area contributed by atoms with Gasteiger partial charge >= 0.3 is 6.03 Å². The number of benzene rings is 3. The topological polar surface area (TPSA) is 206 Å². The number of hydrogen-bond donors (Lipinski definition) is 6. The highest BCUT2D eigenvalue weighted by atomic mass is 19.1. The minimum absolute atomic E-state index is 0.0245.